The number of rotatable bonds is 2. The smallest absolute Gasteiger partial charge is 0.350 e. The number of aryl methyl sites for hydroxylation is 2. The number of carbonyl (C=O) groups is 1. The molecular weight excluding hydrogens is 304 g/mol. The zero-order valence-corrected chi connectivity index (χ0v) is 14.7. The maximum absolute atomic E-state index is 12.8. The van der Waals surface area contributed by atoms with Gasteiger partial charge in [-0.1, -0.05) is 11.6 Å². The van der Waals surface area contributed by atoms with Gasteiger partial charge < -0.3 is 5.32 Å². The van der Waals surface area contributed by atoms with Crippen LogP contribution in [0.25, 0.3) is 16.6 Å². The first-order valence-corrected chi connectivity index (χ1v) is 7.96. The summed E-state index contributed by atoms with van der Waals surface area (Å²) in [5, 5.41) is 8.20. The van der Waals surface area contributed by atoms with Crippen LogP contribution in [0.4, 0.5) is 0 Å². The van der Waals surface area contributed by atoms with E-state index in [0.717, 1.165) is 22.0 Å². The lowest BCUT2D eigenvalue weighted by Crippen LogP contribution is -2.43. The highest BCUT2D eigenvalue weighted by atomic mass is 16.2. The van der Waals surface area contributed by atoms with Crippen LogP contribution < -0.4 is 11.0 Å². The second-order valence-electron chi connectivity index (χ2n) is 7.29. The molecule has 24 heavy (non-hydrogen) atoms. The van der Waals surface area contributed by atoms with E-state index in [2.05, 4.69) is 10.4 Å². The van der Waals surface area contributed by atoms with Crippen molar-refractivity contribution < 1.29 is 4.79 Å². The van der Waals surface area contributed by atoms with E-state index in [9.17, 15) is 9.59 Å². The van der Waals surface area contributed by atoms with Crippen molar-refractivity contribution in [3.05, 3.63) is 45.9 Å². The minimum atomic E-state index is -0.347. The average Bonchev–Trinajstić information content (AvgIpc) is 2.75. The molecule has 0 fully saturated rings. The number of amides is 1. The normalized spacial score (nSPS) is 12.0. The summed E-state index contributed by atoms with van der Waals surface area (Å²) in [5.74, 6) is -0.231. The average molecular weight is 326 g/mol. The molecule has 0 atom stereocenters. The molecule has 1 N–H and O–H groups in total. The van der Waals surface area contributed by atoms with E-state index in [1.165, 1.54) is 4.68 Å². The third kappa shape index (κ3) is 2.91. The summed E-state index contributed by atoms with van der Waals surface area (Å²) in [6, 6.07) is 7.94. The molecule has 2 aromatic heterocycles. The first-order valence-electron chi connectivity index (χ1n) is 7.96. The van der Waals surface area contributed by atoms with Crippen LogP contribution in [0.2, 0.25) is 0 Å². The molecule has 0 aliphatic rings. The summed E-state index contributed by atoms with van der Waals surface area (Å²) < 4.78 is 2.80. The summed E-state index contributed by atoms with van der Waals surface area (Å²) in [6.45, 7) is 9.54. The van der Waals surface area contributed by atoms with Crippen LogP contribution in [-0.4, -0.2) is 25.6 Å². The van der Waals surface area contributed by atoms with Gasteiger partial charge in [0.25, 0.3) is 0 Å². The molecule has 2 heterocycles. The number of carbonyl (C=O) groups excluding carboxylic acids is 1. The van der Waals surface area contributed by atoms with Gasteiger partial charge in [-0.3, -0.25) is 4.79 Å². The number of hydrogen-bond donors (Lipinski definition) is 1. The van der Waals surface area contributed by atoms with Crippen molar-refractivity contribution in [1.82, 2.24) is 19.5 Å². The number of benzene rings is 1. The highest BCUT2D eigenvalue weighted by molar-refractivity contribution is 5.84. The van der Waals surface area contributed by atoms with Crippen molar-refractivity contribution in [1.29, 1.82) is 0 Å². The lowest BCUT2D eigenvalue weighted by Gasteiger charge is -2.20. The van der Waals surface area contributed by atoms with Gasteiger partial charge in [0.2, 0.25) is 5.91 Å². The topological polar surface area (TPSA) is 68.4 Å². The summed E-state index contributed by atoms with van der Waals surface area (Å²) in [4.78, 5) is 24.9. The van der Waals surface area contributed by atoms with E-state index in [-0.39, 0.29) is 23.7 Å². The van der Waals surface area contributed by atoms with Crippen LogP contribution in [0.3, 0.4) is 0 Å². The SMILES string of the molecule is Cc1ccc2c(c1)cc(C)c1nn(CC(=O)NC(C)(C)C)c(=O)n12. The predicted octanol–water partition coefficient (Wildman–Crippen LogP) is 2.18. The number of nitrogens with one attached hydrogen (secondary N) is 1. The summed E-state index contributed by atoms with van der Waals surface area (Å²) in [7, 11) is 0. The fourth-order valence-electron chi connectivity index (χ4n) is 2.87. The zero-order valence-electron chi connectivity index (χ0n) is 14.7. The highest BCUT2D eigenvalue weighted by Gasteiger charge is 2.18. The first kappa shape index (κ1) is 16.2. The highest BCUT2D eigenvalue weighted by Crippen LogP contribution is 2.19. The van der Waals surface area contributed by atoms with Crippen LogP contribution >= 0.6 is 0 Å². The summed E-state index contributed by atoms with van der Waals surface area (Å²) in [6.07, 6.45) is 0. The predicted molar refractivity (Wildman–Crippen MR) is 94.3 cm³/mol. The minimum absolute atomic E-state index is 0.0927. The second kappa shape index (κ2) is 5.47. The summed E-state index contributed by atoms with van der Waals surface area (Å²) in [5.41, 5.74) is 2.77. The van der Waals surface area contributed by atoms with Crippen molar-refractivity contribution in [2.75, 3.05) is 0 Å². The van der Waals surface area contributed by atoms with Gasteiger partial charge in [-0.15, -0.1) is 5.10 Å². The molecule has 6 heteroatoms. The van der Waals surface area contributed by atoms with Gasteiger partial charge in [-0.05, 0) is 63.8 Å². The number of fused-ring (bicyclic) bond motifs is 3. The van der Waals surface area contributed by atoms with Gasteiger partial charge in [-0.2, -0.15) is 0 Å². The maximum Gasteiger partial charge on any atom is 0.351 e. The molecule has 0 saturated heterocycles. The molecule has 1 amide bonds. The van der Waals surface area contributed by atoms with Crippen LogP contribution in [-0.2, 0) is 11.3 Å². The van der Waals surface area contributed by atoms with E-state index in [1.54, 1.807) is 4.40 Å². The monoisotopic (exact) mass is 326 g/mol. The van der Waals surface area contributed by atoms with Gasteiger partial charge in [0.15, 0.2) is 5.65 Å². The molecule has 3 aromatic rings. The van der Waals surface area contributed by atoms with E-state index in [0.29, 0.717) is 5.65 Å². The van der Waals surface area contributed by atoms with Crippen molar-refractivity contribution >= 4 is 22.5 Å². The molecule has 126 valence electrons. The lowest BCUT2D eigenvalue weighted by molar-refractivity contribution is -0.123. The number of aromatic nitrogens is 3. The Morgan fingerprint density at radius 1 is 1.21 bits per heavy atom. The molecule has 0 aliphatic carbocycles. The lowest BCUT2D eigenvalue weighted by atomic mass is 10.1. The number of pyridine rings is 1. The molecule has 0 aliphatic heterocycles. The van der Waals surface area contributed by atoms with Gasteiger partial charge in [0.1, 0.15) is 6.54 Å². The van der Waals surface area contributed by atoms with Gasteiger partial charge in [0.05, 0.1) is 5.52 Å². The quantitative estimate of drug-likeness (QED) is 0.785. The molecule has 3 rings (SSSR count). The second-order valence-corrected chi connectivity index (χ2v) is 7.29. The molecule has 1 aromatic carbocycles. The fourth-order valence-corrected chi connectivity index (χ4v) is 2.87. The number of nitrogens with zero attached hydrogens (tertiary/aromatic N) is 3. The van der Waals surface area contributed by atoms with Crippen molar-refractivity contribution in [3.63, 3.8) is 0 Å². The van der Waals surface area contributed by atoms with Crippen LogP contribution in [0.5, 0.6) is 0 Å². The molecule has 0 radical (unpaired) electrons. The summed E-state index contributed by atoms with van der Waals surface area (Å²) >= 11 is 0. The van der Waals surface area contributed by atoms with Crippen LogP contribution in [0.15, 0.2) is 29.1 Å². The van der Waals surface area contributed by atoms with Gasteiger partial charge in [-0.25, -0.2) is 13.9 Å². The van der Waals surface area contributed by atoms with E-state index >= 15 is 0 Å². The minimum Gasteiger partial charge on any atom is -0.350 e. The van der Waals surface area contributed by atoms with Crippen molar-refractivity contribution in [2.24, 2.45) is 0 Å². The third-order valence-corrected chi connectivity index (χ3v) is 3.80. The molecular formula is C18H22N4O2. The Hall–Kier alpha value is -2.63. The zero-order chi connectivity index (χ0) is 17.6. The standard InChI is InChI=1S/C18H22N4O2/c1-11-6-7-14-13(8-11)9-12(2)16-20-21(17(24)22(14)16)10-15(23)19-18(3,4)5/h6-9H,10H2,1-5H3,(H,19,23). The van der Waals surface area contributed by atoms with Crippen LogP contribution in [0.1, 0.15) is 31.9 Å². The maximum atomic E-state index is 12.8. The van der Waals surface area contributed by atoms with Crippen molar-refractivity contribution in [2.45, 2.75) is 46.7 Å². The Bertz CT molecular complexity index is 1010. The van der Waals surface area contributed by atoms with Crippen molar-refractivity contribution in [3.8, 4) is 0 Å². The van der Waals surface area contributed by atoms with Crippen LogP contribution in [0, 0.1) is 13.8 Å². The fraction of sp³-hybridized carbons (Fsp3) is 0.389. The van der Waals surface area contributed by atoms with E-state index in [4.69, 9.17) is 0 Å². The molecule has 6 nitrogen and oxygen atoms in total. The Balaban J connectivity index is 2.14. The number of hydrogen-bond acceptors (Lipinski definition) is 3. The Labute approximate surface area is 140 Å². The Morgan fingerprint density at radius 2 is 1.92 bits per heavy atom. The Kier molecular flexibility index (Phi) is 3.70. The van der Waals surface area contributed by atoms with Gasteiger partial charge >= 0.3 is 5.69 Å². The molecule has 0 bridgehead atoms. The van der Waals surface area contributed by atoms with Gasteiger partial charge in [0, 0.05) is 5.54 Å². The largest absolute Gasteiger partial charge is 0.351 e. The van der Waals surface area contributed by atoms with E-state index in [1.807, 2.05) is 58.9 Å². The Morgan fingerprint density at radius 3 is 2.58 bits per heavy atom. The van der Waals surface area contributed by atoms with E-state index < -0.39 is 0 Å². The molecule has 0 spiro atoms. The third-order valence-electron chi connectivity index (χ3n) is 3.80. The molecule has 0 unspecified atom stereocenters. The first-order chi connectivity index (χ1) is 11.2. The molecule has 0 saturated carbocycles.